The lowest BCUT2D eigenvalue weighted by Crippen LogP contribution is -2.35. The van der Waals surface area contributed by atoms with Crippen molar-refractivity contribution in [2.24, 2.45) is 11.8 Å². The molecular formula is C29H42Cl2FNO6S5. The highest BCUT2D eigenvalue weighted by Gasteiger charge is 2.19. The maximum Gasteiger partial charge on any atom is 0.307 e. The van der Waals surface area contributed by atoms with Crippen LogP contribution in [0.5, 0.6) is 0 Å². The van der Waals surface area contributed by atoms with E-state index in [0.717, 1.165) is 29.1 Å². The van der Waals surface area contributed by atoms with Gasteiger partial charge in [-0.05, 0) is 64.7 Å². The molecule has 3 atom stereocenters. The SMILES string of the molecule is C.CSCC[C@@H](CSSC[C@@H](Cc1ccccc1)C(=O)O)NC(C)=O.F.O=C(Cl)SCl.O=C(O)[C@@H](CS)Cc1ccccc1. The van der Waals surface area contributed by atoms with E-state index in [2.05, 4.69) is 29.5 Å². The van der Waals surface area contributed by atoms with E-state index in [1.54, 1.807) is 33.3 Å². The molecule has 0 aromatic heterocycles. The third-order valence-electron chi connectivity index (χ3n) is 5.33. The van der Waals surface area contributed by atoms with Crippen LogP contribution in [-0.4, -0.2) is 67.9 Å². The average Bonchev–Trinajstić information content (AvgIpc) is 2.97. The largest absolute Gasteiger partial charge is 0.481 e. The molecule has 44 heavy (non-hydrogen) atoms. The van der Waals surface area contributed by atoms with Gasteiger partial charge in [0.15, 0.2) is 0 Å². The third-order valence-corrected chi connectivity index (χ3v) is 9.98. The van der Waals surface area contributed by atoms with Crippen LogP contribution >= 0.6 is 79.2 Å². The van der Waals surface area contributed by atoms with Gasteiger partial charge in [-0.25, -0.2) is 0 Å². The van der Waals surface area contributed by atoms with E-state index < -0.39 is 22.4 Å². The summed E-state index contributed by atoms with van der Waals surface area (Å²) in [5.41, 5.74) is 2.09. The zero-order valence-corrected chi connectivity index (χ0v) is 29.4. The minimum Gasteiger partial charge on any atom is -0.481 e. The second-order valence-corrected chi connectivity index (χ2v) is 14.2. The Hall–Kier alpha value is -1.22. The van der Waals surface area contributed by atoms with E-state index in [9.17, 15) is 24.3 Å². The van der Waals surface area contributed by atoms with E-state index in [0.29, 0.717) is 35.3 Å². The first-order valence-corrected chi connectivity index (χ1v) is 19.2. The Kier molecular flexibility index (Phi) is 32.6. The molecule has 0 aliphatic carbocycles. The lowest BCUT2D eigenvalue weighted by atomic mass is 10.0. The lowest BCUT2D eigenvalue weighted by Gasteiger charge is -2.17. The Morgan fingerprint density at radius 2 is 1.30 bits per heavy atom. The van der Waals surface area contributed by atoms with Gasteiger partial charge in [0.2, 0.25) is 5.91 Å². The number of rotatable bonds is 16. The van der Waals surface area contributed by atoms with Crippen molar-refractivity contribution < 1.29 is 34.1 Å². The van der Waals surface area contributed by atoms with Crippen molar-refractivity contribution in [3.63, 3.8) is 0 Å². The number of halogens is 3. The monoisotopic (exact) mass is 749 g/mol. The number of carboxylic acid groups (broad SMARTS) is 2. The van der Waals surface area contributed by atoms with Crippen LogP contribution in [0.15, 0.2) is 60.7 Å². The zero-order chi connectivity index (χ0) is 31.8. The van der Waals surface area contributed by atoms with E-state index in [1.807, 2.05) is 66.9 Å². The maximum atomic E-state index is 11.4. The molecule has 0 unspecified atom stereocenters. The molecule has 250 valence electrons. The van der Waals surface area contributed by atoms with Gasteiger partial charge in [-0.1, -0.05) is 89.7 Å². The zero-order valence-electron chi connectivity index (χ0n) is 23.7. The van der Waals surface area contributed by atoms with Crippen molar-refractivity contribution in [1.82, 2.24) is 5.32 Å². The van der Waals surface area contributed by atoms with Gasteiger partial charge in [-0.15, -0.1) is 0 Å². The molecule has 7 nitrogen and oxygen atoms in total. The molecule has 0 spiro atoms. The number of carbonyl (C=O) groups is 4. The van der Waals surface area contributed by atoms with Gasteiger partial charge >= 0.3 is 11.9 Å². The van der Waals surface area contributed by atoms with E-state index in [-0.39, 0.29) is 30.0 Å². The normalized spacial score (nSPS) is 11.8. The molecule has 3 N–H and O–H groups in total. The number of thiol groups is 1. The van der Waals surface area contributed by atoms with Crippen LogP contribution in [0, 0.1) is 11.8 Å². The predicted molar refractivity (Wildman–Crippen MR) is 196 cm³/mol. The number of aliphatic carboxylic acids is 2. The Morgan fingerprint density at radius 1 is 0.864 bits per heavy atom. The first-order valence-electron chi connectivity index (χ1n) is 12.7. The maximum absolute atomic E-state index is 11.4. The highest BCUT2D eigenvalue weighted by molar-refractivity contribution is 8.76. The van der Waals surface area contributed by atoms with Crippen LogP contribution in [0.2, 0.25) is 0 Å². The molecule has 0 saturated heterocycles. The molecule has 2 rings (SSSR count). The average molecular weight is 751 g/mol. The quantitative estimate of drug-likeness (QED) is 0.0576. The number of thioether (sulfide) groups is 1. The van der Waals surface area contributed by atoms with Crippen LogP contribution in [0.4, 0.5) is 9.50 Å². The van der Waals surface area contributed by atoms with E-state index in [1.165, 1.54) is 6.92 Å². The minimum absolute atomic E-state index is 0. The summed E-state index contributed by atoms with van der Waals surface area (Å²) in [6.07, 6.45) is 4.08. The van der Waals surface area contributed by atoms with Crippen molar-refractivity contribution in [2.75, 3.05) is 29.3 Å². The van der Waals surface area contributed by atoms with Gasteiger partial charge in [0.1, 0.15) is 0 Å². The number of hydrogen-bond acceptors (Lipinski definition) is 9. The number of amides is 1. The molecule has 2 aromatic rings. The first-order chi connectivity index (χ1) is 20.0. The molecular weight excluding hydrogens is 709 g/mol. The number of carboxylic acids is 2. The van der Waals surface area contributed by atoms with Gasteiger partial charge in [-0.3, -0.25) is 23.9 Å². The van der Waals surface area contributed by atoms with Gasteiger partial charge in [0.05, 0.1) is 11.8 Å². The fourth-order valence-electron chi connectivity index (χ4n) is 3.25. The molecule has 0 fully saturated rings. The molecule has 2 aromatic carbocycles. The minimum atomic E-state index is -0.779. The Labute approximate surface area is 291 Å². The summed E-state index contributed by atoms with van der Waals surface area (Å²) in [4.78, 5) is 42.8. The summed E-state index contributed by atoms with van der Waals surface area (Å²) in [7, 11) is 8.46. The summed E-state index contributed by atoms with van der Waals surface area (Å²) < 4.78 is -0.591. The first kappa shape index (κ1) is 47.2. The van der Waals surface area contributed by atoms with Crippen molar-refractivity contribution in [3.8, 4) is 0 Å². The molecule has 0 bridgehead atoms. The van der Waals surface area contributed by atoms with Crippen molar-refractivity contribution in [1.29, 1.82) is 0 Å². The van der Waals surface area contributed by atoms with Crippen LogP contribution in [0.3, 0.4) is 0 Å². The molecule has 0 radical (unpaired) electrons. The Bertz CT molecular complexity index is 1050. The van der Waals surface area contributed by atoms with Gasteiger partial charge in [0, 0.05) is 41.2 Å². The summed E-state index contributed by atoms with van der Waals surface area (Å²) in [6, 6.07) is 19.5. The summed E-state index contributed by atoms with van der Waals surface area (Å²) >= 11 is 10.4. The second kappa shape index (κ2) is 30.4. The van der Waals surface area contributed by atoms with Crippen LogP contribution in [-0.2, 0) is 27.2 Å². The molecule has 1 amide bonds. The predicted octanol–water partition coefficient (Wildman–Crippen LogP) is 8.45. The van der Waals surface area contributed by atoms with Gasteiger partial charge in [-0.2, -0.15) is 24.4 Å². The summed E-state index contributed by atoms with van der Waals surface area (Å²) in [5.74, 6) is 0.408. The number of benzene rings is 2. The van der Waals surface area contributed by atoms with Gasteiger partial charge < -0.3 is 15.5 Å². The summed E-state index contributed by atoms with van der Waals surface area (Å²) in [6.45, 7) is 1.53. The van der Waals surface area contributed by atoms with E-state index >= 15 is 0 Å². The fourth-order valence-corrected chi connectivity index (χ4v) is 6.65. The molecule has 0 aliphatic rings. The standard InChI is InChI=1S/C17H25NO3S3.C10H12O2S.CCl2OS.CH4.FH/c1-13(19)18-16(8-9-22-2)12-24-23-11-15(17(20)21)10-14-6-4-3-5-7-14;11-10(12)9(7-13)6-8-4-2-1-3-5-8;2-1(4)5-3;;/h3-7,15-16H,8-12H2,1-2H3,(H,18,19)(H,20,21);1-5,9,13H,6-7H2,(H,11,12);;1H4;1H/t15-,16+;9-;;;/m11.../s1. The molecule has 0 saturated carbocycles. The van der Waals surface area contributed by atoms with Gasteiger partial charge in [0.25, 0.3) is 4.57 Å². The smallest absolute Gasteiger partial charge is 0.307 e. The number of nitrogens with one attached hydrogen (secondary N) is 1. The highest BCUT2D eigenvalue weighted by atomic mass is 35.7. The van der Waals surface area contributed by atoms with Crippen molar-refractivity contribution in [3.05, 3.63) is 71.8 Å². The second-order valence-electron chi connectivity index (χ2n) is 8.70. The van der Waals surface area contributed by atoms with Crippen LogP contribution in [0.1, 0.15) is 31.9 Å². The highest BCUT2D eigenvalue weighted by Crippen LogP contribution is 2.27. The van der Waals surface area contributed by atoms with Crippen LogP contribution in [0.25, 0.3) is 0 Å². The molecule has 0 heterocycles. The third kappa shape index (κ3) is 26.0. The van der Waals surface area contributed by atoms with Crippen LogP contribution < -0.4 is 5.32 Å². The van der Waals surface area contributed by atoms with E-state index in [4.69, 9.17) is 15.8 Å². The molecule has 15 heteroatoms. The number of hydrogen-bond donors (Lipinski definition) is 4. The topological polar surface area (TPSA) is 121 Å². The Morgan fingerprint density at radius 3 is 1.66 bits per heavy atom. The fraction of sp³-hybridized carbons (Fsp3) is 0.448. The number of carbonyl (C=O) groups excluding carboxylic acids is 2. The summed E-state index contributed by atoms with van der Waals surface area (Å²) in [5, 5.41) is 21.1. The Balaban J connectivity index is -0.000000706. The lowest BCUT2D eigenvalue weighted by molar-refractivity contribution is -0.141. The molecule has 0 aliphatic heterocycles. The van der Waals surface area contributed by atoms with Crippen molar-refractivity contribution >= 4 is 102 Å². The van der Waals surface area contributed by atoms with Crippen molar-refractivity contribution in [2.45, 2.75) is 39.7 Å².